The largest absolute Gasteiger partial charge is 0.492 e. The zero-order valence-electron chi connectivity index (χ0n) is 24.0. The molecule has 0 unspecified atom stereocenters. The summed E-state index contributed by atoms with van der Waals surface area (Å²) in [7, 11) is 1.34. The van der Waals surface area contributed by atoms with Crippen molar-refractivity contribution in [1.29, 1.82) is 0 Å². The number of carbonyl (C=O) groups excluding carboxylic acids is 3. The van der Waals surface area contributed by atoms with Gasteiger partial charge in [-0.3, -0.25) is 9.59 Å². The van der Waals surface area contributed by atoms with E-state index in [9.17, 15) is 14.4 Å². The normalized spacial score (nSPS) is 11.5. The summed E-state index contributed by atoms with van der Waals surface area (Å²) in [5.41, 5.74) is 3.16. The number of benzene rings is 4. The topological polar surface area (TPSA) is 84.9 Å². The Labute approximate surface area is 256 Å². The lowest BCUT2D eigenvalue weighted by molar-refractivity contribution is -0.141. The summed E-state index contributed by atoms with van der Waals surface area (Å²) < 4.78 is 11.0. The van der Waals surface area contributed by atoms with Gasteiger partial charge in [0.1, 0.15) is 18.4 Å². The van der Waals surface area contributed by atoms with Crippen LogP contribution in [0, 0.1) is 0 Å². The van der Waals surface area contributed by atoms with E-state index in [1.807, 2.05) is 48.5 Å². The first-order chi connectivity index (χ1) is 20.9. The number of esters is 1. The Bertz CT molecular complexity index is 1550. The van der Waals surface area contributed by atoms with Crippen LogP contribution in [0.15, 0.2) is 115 Å². The van der Waals surface area contributed by atoms with E-state index in [2.05, 4.69) is 5.32 Å². The van der Waals surface area contributed by atoms with Crippen molar-refractivity contribution in [3.63, 3.8) is 0 Å². The summed E-state index contributed by atoms with van der Waals surface area (Å²) >= 11 is 6.01. The van der Waals surface area contributed by atoms with E-state index in [1.165, 1.54) is 13.2 Å². The van der Waals surface area contributed by atoms with Gasteiger partial charge in [0.05, 0.1) is 13.7 Å². The number of nitrogens with zero attached hydrogens (tertiary/aromatic N) is 1. The molecule has 1 amide bonds. The summed E-state index contributed by atoms with van der Waals surface area (Å²) in [4.78, 5) is 40.2. The molecule has 0 saturated heterocycles. The second kappa shape index (κ2) is 15.4. The number of ketones is 1. The van der Waals surface area contributed by atoms with Crippen molar-refractivity contribution in [1.82, 2.24) is 0 Å². The zero-order valence-corrected chi connectivity index (χ0v) is 24.8. The number of anilines is 2. The number of hydrogen-bond acceptors (Lipinski definition) is 6. The summed E-state index contributed by atoms with van der Waals surface area (Å²) in [6.45, 7) is 2.39. The second-order valence-corrected chi connectivity index (χ2v) is 10.1. The minimum absolute atomic E-state index is 0.143. The molecule has 8 heteroatoms. The number of allylic oxidation sites excluding steroid dienone is 1. The Morgan fingerprint density at radius 3 is 2.23 bits per heavy atom. The Hall–Kier alpha value is -4.88. The van der Waals surface area contributed by atoms with Crippen LogP contribution in [0.25, 0.3) is 0 Å². The molecule has 0 fully saturated rings. The molecule has 0 aliphatic rings. The standard InChI is InChI=1S/C35H33ClN2O5/c1-3-9-33(39)38(28-18-16-27(36)17-19-28)22-23-43-29-20-14-25(15-21-29)24-32(35(41)42-2)37-31-13-8-7-12-30(31)34(40)26-10-5-4-6-11-26/h3-21,32,37H,22-24H2,1-2H3/b9-3+/t32-/m0/s1. The summed E-state index contributed by atoms with van der Waals surface area (Å²) in [6.07, 6.45) is 3.52. The van der Waals surface area contributed by atoms with Crippen LogP contribution >= 0.6 is 11.6 Å². The molecular formula is C35H33ClN2O5. The molecule has 0 spiro atoms. The number of amides is 1. The minimum atomic E-state index is -0.730. The van der Waals surface area contributed by atoms with E-state index in [1.54, 1.807) is 72.5 Å². The van der Waals surface area contributed by atoms with E-state index in [-0.39, 0.29) is 18.3 Å². The fourth-order valence-corrected chi connectivity index (χ4v) is 4.63. The van der Waals surface area contributed by atoms with Crippen molar-refractivity contribution in [3.8, 4) is 5.75 Å². The third kappa shape index (κ3) is 8.56. The van der Waals surface area contributed by atoms with E-state index in [4.69, 9.17) is 21.1 Å². The minimum Gasteiger partial charge on any atom is -0.492 e. The molecule has 1 N–H and O–H groups in total. The smallest absolute Gasteiger partial charge is 0.328 e. The van der Waals surface area contributed by atoms with Gasteiger partial charge in [0.2, 0.25) is 0 Å². The zero-order chi connectivity index (χ0) is 30.6. The molecule has 4 aromatic carbocycles. The molecule has 4 aromatic rings. The quantitative estimate of drug-likeness (QED) is 0.104. The fraction of sp³-hybridized carbons (Fsp3) is 0.171. The lowest BCUT2D eigenvalue weighted by Gasteiger charge is -2.22. The number of halogens is 1. The second-order valence-electron chi connectivity index (χ2n) is 9.62. The number of carbonyl (C=O) groups is 3. The average molecular weight is 597 g/mol. The van der Waals surface area contributed by atoms with Crippen molar-refractivity contribution in [2.24, 2.45) is 0 Å². The predicted molar refractivity (Wildman–Crippen MR) is 170 cm³/mol. The first kappa shape index (κ1) is 31.1. The molecule has 7 nitrogen and oxygen atoms in total. The van der Waals surface area contributed by atoms with E-state index < -0.39 is 12.0 Å². The van der Waals surface area contributed by atoms with Crippen LogP contribution < -0.4 is 15.0 Å². The molecule has 1 atom stereocenters. The van der Waals surface area contributed by atoms with Crippen LogP contribution in [0.4, 0.5) is 11.4 Å². The molecule has 0 heterocycles. The lowest BCUT2D eigenvalue weighted by atomic mass is 10.00. The van der Waals surface area contributed by atoms with Crippen molar-refractivity contribution in [2.75, 3.05) is 30.5 Å². The molecule has 43 heavy (non-hydrogen) atoms. The molecule has 220 valence electrons. The number of methoxy groups -OCH3 is 1. The van der Waals surface area contributed by atoms with Gasteiger partial charge in [-0.05, 0) is 67.1 Å². The molecular weight excluding hydrogens is 564 g/mol. The number of hydrogen-bond donors (Lipinski definition) is 1. The SMILES string of the molecule is C/C=C/C(=O)N(CCOc1ccc(C[C@H](Nc2ccccc2C(=O)c2ccccc2)C(=O)OC)cc1)c1ccc(Cl)cc1. The maximum Gasteiger partial charge on any atom is 0.328 e. The molecule has 0 aliphatic heterocycles. The van der Waals surface area contributed by atoms with Gasteiger partial charge >= 0.3 is 5.97 Å². The molecule has 0 bridgehead atoms. The van der Waals surface area contributed by atoms with Crippen LogP contribution in [-0.4, -0.2) is 44.0 Å². The summed E-state index contributed by atoms with van der Waals surface area (Å²) in [5, 5.41) is 3.81. The first-order valence-corrected chi connectivity index (χ1v) is 14.2. The van der Waals surface area contributed by atoms with Crippen molar-refractivity contribution < 1.29 is 23.9 Å². The van der Waals surface area contributed by atoms with Gasteiger partial charge in [0.25, 0.3) is 5.91 Å². The number of rotatable bonds is 13. The Balaban J connectivity index is 1.41. The van der Waals surface area contributed by atoms with Crippen LogP contribution in [0.2, 0.25) is 5.02 Å². The van der Waals surface area contributed by atoms with Crippen LogP contribution in [0.1, 0.15) is 28.4 Å². The van der Waals surface area contributed by atoms with Crippen molar-refractivity contribution in [2.45, 2.75) is 19.4 Å². The molecule has 0 aromatic heterocycles. The van der Waals surface area contributed by atoms with Crippen molar-refractivity contribution in [3.05, 3.63) is 137 Å². The highest BCUT2D eigenvalue weighted by atomic mass is 35.5. The van der Waals surface area contributed by atoms with Crippen LogP contribution in [0.3, 0.4) is 0 Å². The Kier molecular flexibility index (Phi) is 11.1. The Morgan fingerprint density at radius 1 is 0.884 bits per heavy atom. The van der Waals surface area contributed by atoms with E-state index in [0.29, 0.717) is 40.6 Å². The number of nitrogens with one attached hydrogen (secondary N) is 1. The van der Waals surface area contributed by atoms with E-state index in [0.717, 1.165) is 11.3 Å². The van der Waals surface area contributed by atoms with Gasteiger partial charge in [-0.1, -0.05) is 72.3 Å². The lowest BCUT2D eigenvalue weighted by Crippen LogP contribution is -2.33. The molecule has 4 rings (SSSR count). The van der Waals surface area contributed by atoms with Gasteiger partial charge in [-0.15, -0.1) is 0 Å². The summed E-state index contributed by atoms with van der Waals surface area (Å²) in [6, 6.07) is 29.8. The van der Waals surface area contributed by atoms with Crippen LogP contribution in [0.5, 0.6) is 5.75 Å². The third-order valence-electron chi connectivity index (χ3n) is 6.68. The fourth-order valence-electron chi connectivity index (χ4n) is 4.51. The maximum atomic E-state index is 13.2. The monoisotopic (exact) mass is 596 g/mol. The predicted octanol–water partition coefficient (Wildman–Crippen LogP) is 6.76. The van der Waals surface area contributed by atoms with E-state index >= 15 is 0 Å². The number of para-hydroxylation sites is 1. The van der Waals surface area contributed by atoms with Gasteiger partial charge < -0.3 is 19.7 Å². The molecule has 0 aliphatic carbocycles. The average Bonchev–Trinajstić information content (AvgIpc) is 3.04. The maximum absolute atomic E-state index is 13.2. The highest BCUT2D eigenvalue weighted by molar-refractivity contribution is 6.30. The highest BCUT2D eigenvalue weighted by Gasteiger charge is 2.23. The van der Waals surface area contributed by atoms with Gasteiger partial charge in [0, 0.05) is 33.9 Å². The van der Waals surface area contributed by atoms with Gasteiger partial charge in [-0.25, -0.2) is 4.79 Å². The summed E-state index contributed by atoms with van der Waals surface area (Å²) in [5.74, 6) is -0.122. The van der Waals surface area contributed by atoms with Gasteiger partial charge in [0.15, 0.2) is 5.78 Å². The molecule has 0 saturated carbocycles. The molecule has 0 radical (unpaired) electrons. The highest BCUT2D eigenvalue weighted by Crippen LogP contribution is 2.23. The first-order valence-electron chi connectivity index (χ1n) is 13.8. The van der Waals surface area contributed by atoms with Crippen LogP contribution in [-0.2, 0) is 20.7 Å². The van der Waals surface area contributed by atoms with Crippen molar-refractivity contribution >= 4 is 40.6 Å². The van der Waals surface area contributed by atoms with Gasteiger partial charge in [-0.2, -0.15) is 0 Å². The third-order valence-corrected chi connectivity index (χ3v) is 6.94. The Morgan fingerprint density at radius 2 is 1.56 bits per heavy atom. The number of ether oxygens (including phenoxy) is 2.